The van der Waals surface area contributed by atoms with Gasteiger partial charge in [0.05, 0.1) is 12.5 Å². The molecule has 41 heavy (non-hydrogen) atoms. The highest BCUT2D eigenvalue weighted by molar-refractivity contribution is 5.98. The quantitative estimate of drug-likeness (QED) is 0.498. The van der Waals surface area contributed by atoms with Crippen LogP contribution in [0.4, 0.5) is 4.79 Å². The van der Waals surface area contributed by atoms with Gasteiger partial charge in [0, 0.05) is 7.05 Å². The second kappa shape index (κ2) is 11.3. The van der Waals surface area contributed by atoms with Crippen LogP contribution < -0.4 is 16.0 Å². The van der Waals surface area contributed by atoms with Crippen molar-refractivity contribution in [3.63, 3.8) is 0 Å². The number of nitrogens with zero attached hydrogens (tertiary/aromatic N) is 2. The summed E-state index contributed by atoms with van der Waals surface area (Å²) in [5.74, 6) is -1.81. The number of rotatable bonds is 5. The van der Waals surface area contributed by atoms with Gasteiger partial charge in [-0.1, -0.05) is 38.1 Å². The molecule has 2 heterocycles. The summed E-state index contributed by atoms with van der Waals surface area (Å²) in [5.41, 5.74) is 0.910. The van der Waals surface area contributed by atoms with Crippen LogP contribution in [0.2, 0.25) is 0 Å². The van der Waals surface area contributed by atoms with Crippen molar-refractivity contribution in [2.75, 3.05) is 7.05 Å². The molecule has 3 aliphatic rings. The first-order valence-corrected chi connectivity index (χ1v) is 14.3. The summed E-state index contributed by atoms with van der Waals surface area (Å²) in [4.78, 5) is 68.9. The number of likely N-dealkylation sites (N-methyl/N-ethyl adjacent to an activating group) is 1. The maximum atomic E-state index is 13.9. The Bertz CT molecular complexity index is 1220. The molecule has 2 aliphatic heterocycles. The third kappa shape index (κ3) is 6.49. The van der Waals surface area contributed by atoms with Gasteiger partial charge in [0.25, 0.3) is 0 Å². The molecule has 1 aromatic carbocycles. The lowest BCUT2D eigenvalue weighted by molar-refractivity contribution is -0.145. The molecule has 1 aromatic rings. The van der Waals surface area contributed by atoms with Gasteiger partial charge in [-0.2, -0.15) is 0 Å². The molecule has 2 saturated heterocycles. The molecular weight excluding hydrogens is 526 g/mol. The Hall–Kier alpha value is -3.63. The second-order valence-corrected chi connectivity index (χ2v) is 13.1. The SMILES string of the molecule is C[C@@H](C(=O)N[C@H]1CC(=O)N[C@H]2CC(C)(C)C(C(=O)N[C@@H]3CCCc4ccccc43)N2C1=O)N(C)C(=O)OC(C)(C)C. The Kier molecular flexibility index (Phi) is 8.38. The predicted molar refractivity (Wildman–Crippen MR) is 151 cm³/mol. The molecule has 0 bridgehead atoms. The van der Waals surface area contributed by atoms with Gasteiger partial charge in [0.2, 0.25) is 23.6 Å². The topological polar surface area (TPSA) is 137 Å². The minimum atomic E-state index is -1.19. The van der Waals surface area contributed by atoms with Crippen molar-refractivity contribution in [1.82, 2.24) is 25.8 Å². The highest BCUT2D eigenvalue weighted by Gasteiger charge is 2.55. The standard InChI is InChI=1S/C30H43N5O6/c1-17(34(7)28(40)41-29(2,3)4)25(37)32-21-15-23(36)33-22-16-30(5,6)24(35(22)27(21)39)26(38)31-20-14-10-12-18-11-8-9-13-19(18)20/h8-9,11,13,17,20-22,24H,10,12,14-16H2,1-7H3,(H,31,38)(H,32,37)(H,33,36)/t17-,20+,21-,22+,24?/m0/s1. The molecule has 0 radical (unpaired) electrons. The van der Waals surface area contributed by atoms with Gasteiger partial charge in [-0.3, -0.25) is 24.1 Å². The number of benzene rings is 1. The third-order valence-electron chi connectivity index (χ3n) is 8.24. The first kappa shape index (κ1) is 30.3. The number of carbonyl (C=O) groups excluding carboxylic acids is 5. The fraction of sp³-hybridized carbons (Fsp3) is 0.633. The van der Waals surface area contributed by atoms with E-state index >= 15 is 0 Å². The Morgan fingerprint density at radius 3 is 2.49 bits per heavy atom. The maximum Gasteiger partial charge on any atom is 0.410 e. The zero-order valence-electron chi connectivity index (χ0n) is 25.1. The van der Waals surface area contributed by atoms with E-state index in [1.165, 1.54) is 24.4 Å². The molecule has 5 atom stereocenters. The van der Waals surface area contributed by atoms with Crippen molar-refractivity contribution < 1.29 is 28.7 Å². The second-order valence-electron chi connectivity index (χ2n) is 13.1. The van der Waals surface area contributed by atoms with Crippen LogP contribution in [0.25, 0.3) is 0 Å². The monoisotopic (exact) mass is 569 g/mol. The van der Waals surface area contributed by atoms with E-state index in [2.05, 4.69) is 22.0 Å². The molecular formula is C30H43N5O6. The summed E-state index contributed by atoms with van der Waals surface area (Å²) in [6.07, 6.45) is 1.45. The van der Waals surface area contributed by atoms with E-state index in [1.54, 1.807) is 20.8 Å². The molecule has 224 valence electrons. The summed E-state index contributed by atoms with van der Waals surface area (Å²) in [5, 5.41) is 8.73. The Labute approximate surface area is 241 Å². The largest absolute Gasteiger partial charge is 0.444 e. The number of ether oxygens (including phenoxy) is 1. The Morgan fingerprint density at radius 1 is 1.12 bits per heavy atom. The summed E-state index contributed by atoms with van der Waals surface area (Å²) in [6, 6.07) is 4.87. The van der Waals surface area contributed by atoms with Crippen LogP contribution in [-0.4, -0.2) is 76.5 Å². The van der Waals surface area contributed by atoms with E-state index in [0.29, 0.717) is 6.42 Å². The molecule has 11 heteroatoms. The number of hydrogen-bond acceptors (Lipinski definition) is 6. The predicted octanol–water partition coefficient (Wildman–Crippen LogP) is 2.39. The maximum absolute atomic E-state index is 13.9. The minimum Gasteiger partial charge on any atom is -0.444 e. The molecule has 1 unspecified atom stereocenters. The van der Waals surface area contributed by atoms with Crippen LogP contribution in [0, 0.1) is 5.41 Å². The van der Waals surface area contributed by atoms with Crippen molar-refractivity contribution in [3.8, 4) is 0 Å². The van der Waals surface area contributed by atoms with Crippen molar-refractivity contribution in [2.45, 2.75) is 110 Å². The van der Waals surface area contributed by atoms with Crippen LogP contribution in [0.1, 0.15) is 84.4 Å². The van der Waals surface area contributed by atoms with Gasteiger partial charge in [-0.15, -0.1) is 0 Å². The minimum absolute atomic E-state index is 0.168. The summed E-state index contributed by atoms with van der Waals surface area (Å²) in [6.45, 7) is 10.5. The van der Waals surface area contributed by atoms with Crippen molar-refractivity contribution in [3.05, 3.63) is 35.4 Å². The van der Waals surface area contributed by atoms with Crippen molar-refractivity contribution in [2.24, 2.45) is 5.41 Å². The highest BCUT2D eigenvalue weighted by Crippen LogP contribution is 2.41. The fourth-order valence-electron chi connectivity index (χ4n) is 6.07. The van der Waals surface area contributed by atoms with E-state index in [9.17, 15) is 24.0 Å². The van der Waals surface area contributed by atoms with Gasteiger partial charge in [0.1, 0.15) is 29.9 Å². The van der Waals surface area contributed by atoms with Crippen LogP contribution in [0.15, 0.2) is 24.3 Å². The van der Waals surface area contributed by atoms with E-state index in [4.69, 9.17) is 4.74 Å². The molecule has 3 N–H and O–H groups in total. The van der Waals surface area contributed by atoms with Crippen molar-refractivity contribution in [1.29, 1.82) is 0 Å². The summed E-state index contributed by atoms with van der Waals surface area (Å²) >= 11 is 0. The van der Waals surface area contributed by atoms with Crippen LogP contribution >= 0.6 is 0 Å². The highest BCUT2D eigenvalue weighted by atomic mass is 16.6. The number of carbonyl (C=O) groups is 5. The molecule has 2 fully saturated rings. The molecule has 4 rings (SSSR count). The average Bonchev–Trinajstić information content (AvgIpc) is 3.09. The molecule has 11 nitrogen and oxygen atoms in total. The lowest BCUT2D eigenvalue weighted by atomic mass is 9.82. The number of aryl methyl sites for hydroxylation is 1. The van der Waals surface area contributed by atoms with Gasteiger partial charge in [-0.05, 0) is 69.9 Å². The lowest BCUT2D eigenvalue weighted by Crippen LogP contribution is -2.59. The average molecular weight is 570 g/mol. The van der Waals surface area contributed by atoms with Crippen LogP contribution in [0.3, 0.4) is 0 Å². The number of fused-ring (bicyclic) bond motifs is 2. The van der Waals surface area contributed by atoms with Gasteiger partial charge in [0.15, 0.2) is 0 Å². The summed E-state index contributed by atoms with van der Waals surface area (Å²) < 4.78 is 5.35. The molecule has 0 spiro atoms. The zero-order chi connectivity index (χ0) is 30.3. The zero-order valence-corrected chi connectivity index (χ0v) is 25.1. The molecule has 0 aromatic heterocycles. The number of hydrogen-bond donors (Lipinski definition) is 3. The number of amides is 5. The fourth-order valence-corrected chi connectivity index (χ4v) is 6.07. The van der Waals surface area contributed by atoms with E-state index < -0.39 is 59.1 Å². The first-order chi connectivity index (χ1) is 19.1. The van der Waals surface area contributed by atoms with E-state index in [-0.39, 0.29) is 18.4 Å². The van der Waals surface area contributed by atoms with Gasteiger partial charge < -0.3 is 25.6 Å². The van der Waals surface area contributed by atoms with Crippen LogP contribution in [-0.2, 0) is 30.3 Å². The molecule has 0 saturated carbocycles. The van der Waals surface area contributed by atoms with Crippen LogP contribution in [0.5, 0.6) is 0 Å². The first-order valence-electron chi connectivity index (χ1n) is 14.3. The normalized spacial score (nSPS) is 26.1. The van der Waals surface area contributed by atoms with E-state index in [0.717, 1.165) is 29.7 Å². The van der Waals surface area contributed by atoms with E-state index in [1.807, 2.05) is 32.0 Å². The Morgan fingerprint density at radius 2 is 1.80 bits per heavy atom. The lowest BCUT2D eigenvalue weighted by Gasteiger charge is -2.36. The van der Waals surface area contributed by atoms with Crippen molar-refractivity contribution >= 4 is 29.7 Å². The molecule has 5 amide bonds. The van der Waals surface area contributed by atoms with Gasteiger partial charge in [-0.25, -0.2) is 4.79 Å². The Balaban J connectivity index is 1.53. The van der Waals surface area contributed by atoms with Gasteiger partial charge >= 0.3 is 6.09 Å². The number of nitrogens with one attached hydrogen (secondary N) is 3. The molecule has 1 aliphatic carbocycles. The third-order valence-corrected chi connectivity index (χ3v) is 8.24. The smallest absolute Gasteiger partial charge is 0.410 e. The summed E-state index contributed by atoms with van der Waals surface area (Å²) in [7, 11) is 1.43.